The second-order valence-electron chi connectivity index (χ2n) is 8.96. The standard InChI is InChI=1S/C22H36O4/c1-6-7-8-14(3)19-21(26)20(25)16-12-13(2)11-15(4)18(16)22(19,5)17(24)9-10-23/h13-16,18,23,26H,6-12H2,1-5H3/t13-,14-,15+,16-,18-,22+/m1/s1. The Hall–Kier alpha value is -1.16. The number of carbonyl (C=O) groups excluding carboxylic acids is 2. The number of aliphatic hydroxyl groups excluding tert-OH is 2. The van der Waals surface area contributed by atoms with Gasteiger partial charge in [0, 0.05) is 18.9 Å². The molecule has 2 aliphatic carbocycles. The summed E-state index contributed by atoms with van der Waals surface area (Å²) in [6.07, 6.45) is 4.69. The molecule has 26 heavy (non-hydrogen) atoms. The normalized spacial score (nSPS) is 36.0. The minimum Gasteiger partial charge on any atom is -0.504 e. The predicted octanol–water partition coefficient (Wildman–Crippen LogP) is 4.46. The van der Waals surface area contributed by atoms with Crippen LogP contribution in [0.4, 0.5) is 0 Å². The van der Waals surface area contributed by atoms with Gasteiger partial charge >= 0.3 is 0 Å². The maximum Gasteiger partial charge on any atom is 0.200 e. The highest BCUT2D eigenvalue weighted by Gasteiger charge is 2.58. The van der Waals surface area contributed by atoms with Crippen molar-refractivity contribution in [2.45, 2.75) is 73.1 Å². The van der Waals surface area contributed by atoms with E-state index < -0.39 is 5.41 Å². The SMILES string of the molecule is CCCC[C@@H](C)C1=C(O)C(=O)[C@@H]2C[C@H](C)C[C@H](C)[C@H]2[C@]1(C)C(=O)CCO. The lowest BCUT2D eigenvalue weighted by atomic mass is 9.49. The Balaban J connectivity index is 2.60. The molecule has 0 spiro atoms. The van der Waals surface area contributed by atoms with Crippen molar-refractivity contribution in [3.8, 4) is 0 Å². The highest BCUT2D eigenvalue weighted by molar-refractivity contribution is 6.01. The van der Waals surface area contributed by atoms with Gasteiger partial charge in [0.15, 0.2) is 5.76 Å². The molecule has 0 aromatic rings. The first-order valence-electron chi connectivity index (χ1n) is 10.3. The average Bonchev–Trinajstić information content (AvgIpc) is 2.57. The molecule has 1 saturated carbocycles. The van der Waals surface area contributed by atoms with Crippen molar-refractivity contribution in [1.29, 1.82) is 0 Å². The van der Waals surface area contributed by atoms with Crippen LogP contribution in [0.15, 0.2) is 11.3 Å². The van der Waals surface area contributed by atoms with Gasteiger partial charge in [-0.1, -0.05) is 40.5 Å². The summed E-state index contributed by atoms with van der Waals surface area (Å²) in [5.74, 6) is -0.0939. The number of rotatable bonds is 7. The van der Waals surface area contributed by atoms with E-state index in [1.807, 2.05) is 13.8 Å². The Bertz CT molecular complexity index is 579. The maximum atomic E-state index is 13.2. The Morgan fingerprint density at radius 2 is 1.96 bits per heavy atom. The molecule has 0 saturated heterocycles. The minimum atomic E-state index is -0.863. The van der Waals surface area contributed by atoms with Crippen LogP contribution in [0, 0.1) is 35.0 Å². The van der Waals surface area contributed by atoms with Gasteiger partial charge in [-0.25, -0.2) is 0 Å². The number of hydrogen-bond acceptors (Lipinski definition) is 4. The quantitative estimate of drug-likeness (QED) is 0.699. The highest BCUT2D eigenvalue weighted by Crippen LogP contribution is 2.57. The van der Waals surface area contributed by atoms with Crippen LogP contribution in [0.25, 0.3) is 0 Å². The van der Waals surface area contributed by atoms with Gasteiger partial charge in [-0.15, -0.1) is 0 Å². The van der Waals surface area contributed by atoms with E-state index in [1.54, 1.807) is 0 Å². The number of allylic oxidation sites excluding steroid dienone is 2. The molecule has 0 heterocycles. The van der Waals surface area contributed by atoms with Gasteiger partial charge in [-0.2, -0.15) is 0 Å². The molecule has 0 amide bonds. The van der Waals surface area contributed by atoms with Gasteiger partial charge in [-0.05, 0) is 55.4 Å². The smallest absolute Gasteiger partial charge is 0.200 e. The van der Waals surface area contributed by atoms with Gasteiger partial charge < -0.3 is 10.2 Å². The lowest BCUT2D eigenvalue weighted by molar-refractivity contribution is -0.142. The fourth-order valence-corrected chi connectivity index (χ4v) is 5.93. The van der Waals surface area contributed by atoms with Crippen LogP contribution in [0.2, 0.25) is 0 Å². The van der Waals surface area contributed by atoms with Gasteiger partial charge in [0.05, 0.1) is 5.41 Å². The lowest BCUT2D eigenvalue weighted by Crippen LogP contribution is -2.54. The number of hydrogen-bond donors (Lipinski definition) is 2. The van der Waals surface area contributed by atoms with Crippen molar-refractivity contribution in [2.24, 2.45) is 35.0 Å². The largest absolute Gasteiger partial charge is 0.504 e. The first-order valence-corrected chi connectivity index (χ1v) is 10.3. The lowest BCUT2D eigenvalue weighted by Gasteiger charge is -2.53. The number of carbonyl (C=O) groups is 2. The molecular weight excluding hydrogens is 328 g/mol. The third-order valence-corrected chi connectivity index (χ3v) is 6.93. The second kappa shape index (κ2) is 8.24. The van der Waals surface area contributed by atoms with E-state index in [0.717, 1.165) is 32.1 Å². The molecule has 1 fully saturated rings. The summed E-state index contributed by atoms with van der Waals surface area (Å²) in [5, 5.41) is 20.3. The Kier molecular flexibility index (Phi) is 6.70. The van der Waals surface area contributed by atoms with Gasteiger partial charge in [0.1, 0.15) is 5.78 Å². The molecule has 0 aromatic carbocycles. The fourth-order valence-electron chi connectivity index (χ4n) is 5.93. The highest BCUT2D eigenvalue weighted by atomic mass is 16.3. The summed E-state index contributed by atoms with van der Waals surface area (Å²) in [4.78, 5) is 26.3. The zero-order valence-corrected chi connectivity index (χ0v) is 17.0. The topological polar surface area (TPSA) is 74.6 Å². The summed E-state index contributed by atoms with van der Waals surface area (Å²) in [5.41, 5.74) is -0.227. The van der Waals surface area contributed by atoms with E-state index in [-0.39, 0.29) is 54.0 Å². The summed E-state index contributed by atoms with van der Waals surface area (Å²) in [7, 11) is 0. The third kappa shape index (κ3) is 3.49. The van der Waals surface area contributed by atoms with Crippen LogP contribution in [-0.4, -0.2) is 28.4 Å². The van der Waals surface area contributed by atoms with E-state index in [0.29, 0.717) is 11.5 Å². The molecule has 2 N–H and O–H groups in total. The van der Waals surface area contributed by atoms with Crippen LogP contribution in [0.1, 0.15) is 73.1 Å². The zero-order valence-electron chi connectivity index (χ0n) is 17.0. The summed E-state index contributed by atoms with van der Waals surface area (Å²) < 4.78 is 0. The van der Waals surface area contributed by atoms with E-state index in [4.69, 9.17) is 0 Å². The van der Waals surface area contributed by atoms with Crippen LogP contribution in [-0.2, 0) is 9.59 Å². The van der Waals surface area contributed by atoms with Crippen LogP contribution >= 0.6 is 0 Å². The predicted molar refractivity (Wildman–Crippen MR) is 103 cm³/mol. The Morgan fingerprint density at radius 3 is 2.54 bits per heavy atom. The molecule has 0 aromatic heterocycles. The van der Waals surface area contributed by atoms with E-state index in [1.165, 1.54) is 0 Å². The molecule has 4 nitrogen and oxygen atoms in total. The monoisotopic (exact) mass is 364 g/mol. The average molecular weight is 365 g/mol. The first kappa shape index (κ1) is 21.1. The fraction of sp³-hybridized carbons (Fsp3) is 0.818. The minimum absolute atomic E-state index is 0.0148. The molecule has 2 aliphatic rings. The molecule has 148 valence electrons. The van der Waals surface area contributed by atoms with Crippen molar-refractivity contribution in [2.75, 3.05) is 6.61 Å². The van der Waals surface area contributed by atoms with E-state index >= 15 is 0 Å². The van der Waals surface area contributed by atoms with Gasteiger partial charge in [-0.3, -0.25) is 9.59 Å². The third-order valence-electron chi connectivity index (χ3n) is 6.93. The van der Waals surface area contributed by atoms with Crippen molar-refractivity contribution >= 4 is 11.6 Å². The van der Waals surface area contributed by atoms with Crippen molar-refractivity contribution in [3.05, 3.63) is 11.3 Å². The number of unbranched alkanes of at least 4 members (excludes halogenated alkanes) is 1. The summed E-state index contributed by atoms with van der Waals surface area (Å²) in [6.45, 7) is 10.2. The van der Waals surface area contributed by atoms with Crippen LogP contribution in [0.5, 0.6) is 0 Å². The molecule has 2 rings (SSSR count). The second-order valence-corrected chi connectivity index (χ2v) is 8.96. The Morgan fingerprint density at radius 1 is 1.31 bits per heavy atom. The molecular formula is C22H36O4. The molecule has 0 bridgehead atoms. The van der Waals surface area contributed by atoms with E-state index in [2.05, 4.69) is 20.8 Å². The first-order chi connectivity index (χ1) is 12.2. The van der Waals surface area contributed by atoms with Crippen LogP contribution < -0.4 is 0 Å². The number of Topliss-reactive ketones (excluding diaryl/α,β-unsaturated/α-hetero) is 2. The number of ketones is 2. The molecule has 4 heteroatoms. The maximum absolute atomic E-state index is 13.2. The Labute approximate surface area is 158 Å². The molecule has 0 unspecified atom stereocenters. The summed E-state index contributed by atoms with van der Waals surface area (Å²) >= 11 is 0. The zero-order chi connectivity index (χ0) is 19.6. The van der Waals surface area contributed by atoms with Gasteiger partial charge in [0.2, 0.25) is 5.78 Å². The number of fused-ring (bicyclic) bond motifs is 1. The van der Waals surface area contributed by atoms with Crippen molar-refractivity contribution in [3.63, 3.8) is 0 Å². The number of aliphatic hydroxyl groups is 2. The van der Waals surface area contributed by atoms with E-state index in [9.17, 15) is 19.8 Å². The molecule has 0 aliphatic heterocycles. The molecule has 6 atom stereocenters. The van der Waals surface area contributed by atoms with Crippen molar-refractivity contribution in [1.82, 2.24) is 0 Å². The van der Waals surface area contributed by atoms with Gasteiger partial charge in [0.25, 0.3) is 0 Å². The summed E-state index contributed by atoms with van der Waals surface area (Å²) in [6, 6.07) is 0. The van der Waals surface area contributed by atoms with Crippen molar-refractivity contribution < 1.29 is 19.8 Å². The van der Waals surface area contributed by atoms with Crippen LogP contribution in [0.3, 0.4) is 0 Å². The molecule has 0 radical (unpaired) electrons.